The molecule has 6 fully saturated rings. The first kappa shape index (κ1) is 25.3. The number of fused-ring (bicyclic) bond motifs is 2. The molecular weight excluding hydrogens is 448 g/mol. The third kappa shape index (κ3) is 5.16. The summed E-state index contributed by atoms with van der Waals surface area (Å²) in [4.78, 5) is 29.3. The number of hydrogen-bond acceptors (Lipinski definition) is 5. The van der Waals surface area contributed by atoms with Crippen molar-refractivity contribution in [3.63, 3.8) is 0 Å². The molecule has 0 radical (unpaired) electrons. The summed E-state index contributed by atoms with van der Waals surface area (Å²) in [6.07, 6.45) is 20.6. The summed E-state index contributed by atoms with van der Waals surface area (Å²) in [5.74, 6) is 1.03. The second-order valence-electron chi connectivity index (χ2n) is 13.7. The normalized spacial score (nSPS) is 36.7. The molecule has 3 aliphatic heterocycles. The highest BCUT2D eigenvalue weighted by Gasteiger charge is 2.57. The fourth-order valence-electron chi connectivity index (χ4n) is 8.94. The van der Waals surface area contributed by atoms with Crippen LogP contribution in [0.3, 0.4) is 0 Å². The van der Waals surface area contributed by atoms with Crippen molar-refractivity contribution >= 4 is 11.7 Å². The predicted octanol–water partition coefficient (Wildman–Crippen LogP) is 3.79. The van der Waals surface area contributed by atoms with Crippen LogP contribution in [-0.2, 0) is 9.59 Å². The molecular formula is C30H50N4O2. The molecule has 3 aliphatic carbocycles. The third-order valence-electron chi connectivity index (χ3n) is 11.3. The quantitative estimate of drug-likeness (QED) is 0.538. The number of rotatable bonds is 5. The van der Waals surface area contributed by atoms with E-state index in [1.807, 2.05) is 0 Å². The fraction of sp³-hybridized carbons (Fsp3) is 0.933. The molecule has 3 N–H and O–H groups in total. The number of ketones is 1. The number of nitrogens with zero attached hydrogens (tertiary/aromatic N) is 1. The lowest BCUT2D eigenvalue weighted by Gasteiger charge is -2.47. The molecule has 4 atom stereocenters. The molecule has 6 nitrogen and oxygen atoms in total. The van der Waals surface area contributed by atoms with Crippen LogP contribution in [0.2, 0.25) is 0 Å². The van der Waals surface area contributed by atoms with E-state index >= 15 is 0 Å². The minimum Gasteiger partial charge on any atom is -0.350 e. The van der Waals surface area contributed by atoms with E-state index < -0.39 is 0 Å². The van der Waals surface area contributed by atoms with Gasteiger partial charge in [0.2, 0.25) is 5.91 Å². The number of nitrogens with one attached hydrogen (secondary N) is 3. The zero-order valence-electron chi connectivity index (χ0n) is 22.5. The summed E-state index contributed by atoms with van der Waals surface area (Å²) in [5.41, 5.74) is 0.799. The lowest BCUT2D eigenvalue weighted by atomic mass is 9.66. The zero-order chi connectivity index (χ0) is 24.6. The van der Waals surface area contributed by atoms with Gasteiger partial charge in [-0.3, -0.25) is 14.5 Å². The predicted molar refractivity (Wildman–Crippen MR) is 143 cm³/mol. The van der Waals surface area contributed by atoms with Crippen molar-refractivity contribution in [2.24, 2.45) is 22.7 Å². The molecule has 6 heteroatoms. The first-order chi connectivity index (χ1) is 17.6. The Labute approximate surface area is 218 Å². The lowest BCUT2D eigenvalue weighted by molar-refractivity contribution is -0.125. The maximum atomic E-state index is 13.5. The van der Waals surface area contributed by atoms with E-state index in [4.69, 9.17) is 0 Å². The maximum Gasteiger partial charge on any atom is 0.234 e. The Morgan fingerprint density at radius 2 is 1.47 bits per heavy atom. The minimum absolute atomic E-state index is 0.0705. The van der Waals surface area contributed by atoms with Crippen molar-refractivity contribution in [3.05, 3.63) is 0 Å². The van der Waals surface area contributed by atoms with Crippen LogP contribution in [0.1, 0.15) is 103 Å². The van der Waals surface area contributed by atoms with Crippen molar-refractivity contribution < 1.29 is 9.59 Å². The number of Topliss-reactive ketones (excluding diaryl/α,β-unsaturated/α-hetero) is 1. The first-order valence-corrected chi connectivity index (χ1v) is 15.6. The summed E-state index contributed by atoms with van der Waals surface area (Å²) in [6.45, 7) is 4.56. The van der Waals surface area contributed by atoms with Crippen LogP contribution in [0.4, 0.5) is 0 Å². The Morgan fingerprint density at radius 3 is 2.14 bits per heavy atom. The number of likely N-dealkylation sites (tertiary alicyclic amines) is 1. The van der Waals surface area contributed by atoms with E-state index in [0.29, 0.717) is 29.7 Å². The van der Waals surface area contributed by atoms with Crippen molar-refractivity contribution in [2.75, 3.05) is 32.7 Å². The molecule has 0 aromatic carbocycles. The van der Waals surface area contributed by atoms with Crippen LogP contribution < -0.4 is 16.0 Å². The topological polar surface area (TPSA) is 73.5 Å². The van der Waals surface area contributed by atoms with Gasteiger partial charge in [-0.2, -0.15) is 0 Å². The molecule has 2 spiro atoms. The van der Waals surface area contributed by atoms with E-state index in [9.17, 15) is 9.59 Å². The Balaban J connectivity index is 1.14. The zero-order valence-corrected chi connectivity index (χ0v) is 22.5. The number of amides is 1. The van der Waals surface area contributed by atoms with Gasteiger partial charge in [-0.05, 0) is 75.3 Å². The second-order valence-corrected chi connectivity index (χ2v) is 13.7. The second kappa shape index (κ2) is 10.6. The minimum atomic E-state index is -0.205. The molecule has 36 heavy (non-hydrogen) atoms. The SMILES string of the molecule is O=C(CN1CCC2(CCCC2)CC1)NC1C(C(=O)C2CC2)NC2C1CNCC21CCCCCCCC1. The van der Waals surface area contributed by atoms with Crippen LogP contribution in [0.15, 0.2) is 0 Å². The smallest absolute Gasteiger partial charge is 0.234 e. The summed E-state index contributed by atoms with van der Waals surface area (Å²) >= 11 is 0. The third-order valence-corrected chi connectivity index (χ3v) is 11.3. The molecule has 6 aliphatic rings. The van der Waals surface area contributed by atoms with E-state index in [-0.39, 0.29) is 29.3 Å². The van der Waals surface area contributed by atoms with Gasteiger partial charge in [0.15, 0.2) is 5.78 Å². The van der Waals surface area contributed by atoms with Crippen LogP contribution in [0.25, 0.3) is 0 Å². The van der Waals surface area contributed by atoms with Crippen molar-refractivity contribution in [3.8, 4) is 0 Å². The van der Waals surface area contributed by atoms with Crippen LogP contribution >= 0.6 is 0 Å². The van der Waals surface area contributed by atoms with Gasteiger partial charge in [0.1, 0.15) is 0 Å². The summed E-state index contributed by atoms with van der Waals surface area (Å²) in [5, 5.41) is 11.2. The van der Waals surface area contributed by atoms with Gasteiger partial charge in [-0.25, -0.2) is 0 Å². The van der Waals surface area contributed by atoms with Crippen LogP contribution in [0.5, 0.6) is 0 Å². The van der Waals surface area contributed by atoms with E-state index in [1.165, 1.54) is 89.9 Å². The number of piperidine rings is 2. The molecule has 0 aromatic rings. The number of carbonyl (C=O) groups excluding carboxylic acids is 2. The highest BCUT2D eigenvalue weighted by molar-refractivity contribution is 5.90. The standard InChI is InChI=1S/C30H50N4O2/c35-24(20-34-17-15-29(16-18-34)11-7-8-12-29)32-25-23-19-31-21-30(13-5-3-1-2-4-6-14-30)28(23)33-26(25)27(36)22-9-10-22/h22-23,25-26,28,31,33H,1-21H2,(H,32,35). The average Bonchev–Trinajstić information content (AvgIpc) is 3.50. The summed E-state index contributed by atoms with van der Waals surface area (Å²) in [7, 11) is 0. The van der Waals surface area contributed by atoms with Gasteiger partial charge in [-0.15, -0.1) is 0 Å². The van der Waals surface area contributed by atoms with E-state index in [1.54, 1.807) is 0 Å². The fourth-order valence-corrected chi connectivity index (χ4v) is 8.94. The van der Waals surface area contributed by atoms with Gasteiger partial charge in [-0.1, -0.05) is 51.4 Å². The van der Waals surface area contributed by atoms with E-state index in [0.717, 1.165) is 39.0 Å². The van der Waals surface area contributed by atoms with Crippen molar-refractivity contribution in [2.45, 2.75) is 121 Å². The maximum absolute atomic E-state index is 13.5. The largest absolute Gasteiger partial charge is 0.350 e. The molecule has 3 saturated carbocycles. The first-order valence-electron chi connectivity index (χ1n) is 15.6. The Bertz CT molecular complexity index is 785. The van der Waals surface area contributed by atoms with Gasteiger partial charge >= 0.3 is 0 Å². The lowest BCUT2D eigenvalue weighted by Crippen LogP contribution is -2.59. The number of carbonyl (C=O) groups is 2. The molecule has 0 bridgehead atoms. The molecule has 0 aromatic heterocycles. The van der Waals surface area contributed by atoms with Crippen molar-refractivity contribution in [1.29, 1.82) is 0 Å². The van der Waals surface area contributed by atoms with Gasteiger partial charge < -0.3 is 16.0 Å². The Kier molecular flexibility index (Phi) is 7.49. The average molecular weight is 499 g/mol. The highest BCUT2D eigenvalue weighted by Crippen LogP contribution is 2.47. The summed E-state index contributed by atoms with van der Waals surface area (Å²) < 4.78 is 0. The van der Waals surface area contributed by atoms with E-state index in [2.05, 4.69) is 20.9 Å². The van der Waals surface area contributed by atoms with Crippen LogP contribution in [-0.4, -0.2) is 67.4 Å². The molecule has 202 valence electrons. The van der Waals surface area contributed by atoms with Crippen LogP contribution in [0, 0.1) is 22.7 Å². The van der Waals surface area contributed by atoms with Gasteiger partial charge in [0.25, 0.3) is 0 Å². The molecule has 3 heterocycles. The highest BCUT2D eigenvalue weighted by atomic mass is 16.2. The molecule has 4 unspecified atom stereocenters. The Morgan fingerprint density at radius 1 is 0.833 bits per heavy atom. The monoisotopic (exact) mass is 498 g/mol. The summed E-state index contributed by atoms with van der Waals surface area (Å²) in [6, 6.07) is 0.0647. The molecule has 3 saturated heterocycles. The van der Waals surface area contributed by atoms with Gasteiger partial charge in [0, 0.05) is 31.0 Å². The molecule has 6 rings (SSSR count). The number of hydrogen-bond donors (Lipinski definition) is 3. The Hall–Kier alpha value is -0.980. The van der Waals surface area contributed by atoms with Gasteiger partial charge in [0.05, 0.1) is 18.6 Å². The molecule has 1 amide bonds. The van der Waals surface area contributed by atoms with Crippen molar-refractivity contribution in [1.82, 2.24) is 20.9 Å².